The normalized spacial score (nSPS) is 15.5. The fraction of sp³-hybridized carbons (Fsp3) is 0.350. The van der Waals surface area contributed by atoms with Gasteiger partial charge >= 0.3 is 12.2 Å². The van der Waals surface area contributed by atoms with Crippen LogP contribution in [-0.2, 0) is 45.1 Å². The largest absolute Gasteiger partial charge is 0.445 e. The molecule has 2 saturated heterocycles. The molecule has 4 heterocycles. The van der Waals surface area contributed by atoms with E-state index >= 15 is 0 Å². The summed E-state index contributed by atoms with van der Waals surface area (Å²) in [6.07, 6.45) is 11.4. The Morgan fingerprint density at radius 1 is 0.679 bits per heavy atom. The Morgan fingerprint density at radius 3 is 1.57 bits per heavy atom. The quantitative estimate of drug-likeness (QED) is 0.130. The molecular weight excluding hydrogens is 696 g/mol. The van der Waals surface area contributed by atoms with E-state index in [1.54, 1.807) is 12.4 Å². The lowest BCUT2D eigenvalue weighted by molar-refractivity contribution is -0.129. The first kappa shape index (κ1) is 40.4. The highest BCUT2D eigenvalue weighted by atomic mass is 35.5. The molecule has 0 aliphatic carbocycles. The van der Waals surface area contributed by atoms with E-state index in [9.17, 15) is 19.2 Å². The van der Waals surface area contributed by atoms with Crippen molar-refractivity contribution in [3.05, 3.63) is 132 Å². The zero-order chi connectivity index (χ0) is 37.7. The standard InChI is InChI=1S/C20H23N3O3.C12H12ClNO3.C8H12N2/c24-19(22-12-5-9-16-8-4-11-21-14-16)18-10-13-23(18)20(25)26-15-17-6-2-1-3-7-17;13-11(15)10-6-7-14(10)12(16)17-8-9-4-2-1-3-5-9;9-5-1-3-8-4-2-6-10-7-8/h1-4,6-8,11,14,18H,5,9-10,12-13,15H2,(H,22,24);1-5,10H,6-8H2;2,4,6-7H,1,3,5,9H2/t18-;10-;/m00./s1. The summed E-state index contributed by atoms with van der Waals surface area (Å²) in [4.78, 5) is 57.8. The Labute approximate surface area is 315 Å². The predicted molar refractivity (Wildman–Crippen MR) is 202 cm³/mol. The number of nitrogens with one attached hydrogen (secondary N) is 1. The summed E-state index contributed by atoms with van der Waals surface area (Å²) in [6, 6.07) is 25.9. The van der Waals surface area contributed by atoms with Crippen LogP contribution >= 0.6 is 11.6 Å². The zero-order valence-electron chi connectivity index (χ0n) is 29.7. The van der Waals surface area contributed by atoms with Crippen LogP contribution in [0.1, 0.15) is 47.9 Å². The number of carbonyl (C=O) groups excluding carboxylic acids is 4. The summed E-state index contributed by atoms with van der Waals surface area (Å²) in [6.45, 7) is 2.85. The maximum atomic E-state index is 12.3. The Hall–Kier alpha value is -5.33. The second kappa shape index (κ2) is 22.6. The molecule has 2 aromatic carbocycles. The molecule has 0 unspecified atom stereocenters. The number of aryl methyl sites for hydroxylation is 2. The highest BCUT2D eigenvalue weighted by molar-refractivity contribution is 6.65. The van der Waals surface area contributed by atoms with Gasteiger partial charge in [0.15, 0.2) is 0 Å². The molecule has 3 N–H and O–H groups in total. The average Bonchev–Trinajstić information content (AvgIpc) is 3.15. The second-order valence-corrected chi connectivity index (χ2v) is 12.8. The molecule has 12 nitrogen and oxygen atoms in total. The fourth-order valence-corrected chi connectivity index (χ4v) is 5.57. The SMILES string of the molecule is NCCCc1cccnc1.O=C(Cl)[C@@H]1CCN1C(=O)OCc1ccccc1.O=C(NCCCc1cccnc1)[C@@H]1CCN1C(=O)OCc1ccccc1. The third-order valence-corrected chi connectivity index (χ3v) is 8.79. The molecule has 6 rings (SSSR count). The van der Waals surface area contributed by atoms with Crippen LogP contribution in [0, 0.1) is 0 Å². The lowest BCUT2D eigenvalue weighted by atomic mass is 10.0. The maximum absolute atomic E-state index is 12.3. The Kier molecular flexibility index (Phi) is 17.2. The molecule has 2 fully saturated rings. The molecule has 2 atom stereocenters. The van der Waals surface area contributed by atoms with Crippen molar-refractivity contribution in [1.29, 1.82) is 0 Å². The van der Waals surface area contributed by atoms with E-state index in [-0.39, 0.29) is 19.1 Å². The maximum Gasteiger partial charge on any atom is 0.410 e. The van der Waals surface area contributed by atoms with Crippen LogP contribution in [0.15, 0.2) is 110 Å². The van der Waals surface area contributed by atoms with E-state index < -0.39 is 29.5 Å². The lowest BCUT2D eigenvalue weighted by Gasteiger charge is -2.38. The van der Waals surface area contributed by atoms with Gasteiger partial charge in [-0.25, -0.2) is 9.59 Å². The molecule has 0 spiro atoms. The topological polar surface area (TPSA) is 157 Å². The number of carbonyl (C=O) groups is 4. The second-order valence-electron chi connectivity index (χ2n) is 12.4. The van der Waals surface area contributed by atoms with E-state index in [0.717, 1.165) is 48.9 Å². The lowest BCUT2D eigenvalue weighted by Crippen LogP contribution is -2.58. The van der Waals surface area contributed by atoms with Crippen molar-refractivity contribution in [3.8, 4) is 0 Å². The Bertz CT molecular complexity index is 1690. The number of nitrogens with two attached hydrogens (primary N) is 1. The molecule has 0 bridgehead atoms. The van der Waals surface area contributed by atoms with Crippen molar-refractivity contribution in [2.45, 2.75) is 63.8 Å². The van der Waals surface area contributed by atoms with Crippen LogP contribution in [0.3, 0.4) is 0 Å². The number of nitrogens with zero attached hydrogens (tertiary/aromatic N) is 4. The number of rotatable bonds is 13. The molecule has 2 aliphatic rings. The molecule has 3 amide bonds. The number of benzene rings is 2. The third-order valence-electron chi connectivity index (χ3n) is 8.54. The predicted octanol–water partition coefficient (Wildman–Crippen LogP) is 5.68. The van der Waals surface area contributed by atoms with Crippen LogP contribution in [0.25, 0.3) is 0 Å². The molecule has 2 aromatic heterocycles. The van der Waals surface area contributed by atoms with Crippen LogP contribution in [0.2, 0.25) is 0 Å². The first-order valence-electron chi connectivity index (χ1n) is 17.7. The summed E-state index contributed by atoms with van der Waals surface area (Å²) in [5, 5.41) is 2.40. The molecule has 280 valence electrons. The van der Waals surface area contributed by atoms with Gasteiger partial charge in [-0.05, 0) is 91.1 Å². The van der Waals surface area contributed by atoms with Crippen LogP contribution < -0.4 is 11.1 Å². The summed E-state index contributed by atoms with van der Waals surface area (Å²) in [5.74, 6) is -0.112. The minimum absolute atomic E-state index is 0.112. The van der Waals surface area contributed by atoms with E-state index in [1.165, 1.54) is 15.4 Å². The molecule has 0 radical (unpaired) electrons. The highest BCUT2D eigenvalue weighted by Crippen LogP contribution is 2.21. The summed E-state index contributed by atoms with van der Waals surface area (Å²) >= 11 is 5.35. The van der Waals surface area contributed by atoms with Gasteiger partial charge in [-0.1, -0.05) is 72.8 Å². The van der Waals surface area contributed by atoms with Gasteiger partial charge < -0.3 is 20.5 Å². The van der Waals surface area contributed by atoms with E-state index in [0.29, 0.717) is 32.5 Å². The minimum Gasteiger partial charge on any atom is -0.445 e. The smallest absolute Gasteiger partial charge is 0.410 e. The molecular formula is C40H47ClN6O6. The fourth-order valence-electron chi connectivity index (χ4n) is 5.34. The number of ether oxygens (including phenoxy) is 2. The first-order valence-corrected chi connectivity index (χ1v) is 18.1. The number of hydrogen-bond donors (Lipinski definition) is 2. The summed E-state index contributed by atoms with van der Waals surface area (Å²) < 4.78 is 10.4. The molecule has 13 heteroatoms. The number of likely N-dealkylation sites (tertiary alicyclic amines) is 2. The summed E-state index contributed by atoms with van der Waals surface area (Å²) in [5.41, 5.74) is 9.62. The van der Waals surface area contributed by atoms with Gasteiger partial charge in [0.1, 0.15) is 25.3 Å². The van der Waals surface area contributed by atoms with Crippen LogP contribution in [-0.4, -0.2) is 81.4 Å². The highest BCUT2D eigenvalue weighted by Gasteiger charge is 2.39. The number of pyridine rings is 2. The van der Waals surface area contributed by atoms with Gasteiger partial charge in [-0.3, -0.25) is 29.4 Å². The van der Waals surface area contributed by atoms with E-state index in [2.05, 4.69) is 21.4 Å². The molecule has 4 aromatic rings. The van der Waals surface area contributed by atoms with E-state index in [4.69, 9.17) is 26.8 Å². The monoisotopic (exact) mass is 742 g/mol. The van der Waals surface area contributed by atoms with Gasteiger partial charge in [0.05, 0.1) is 0 Å². The number of hydrogen-bond acceptors (Lipinski definition) is 9. The number of aromatic nitrogens is 2. The number of amides is 3. The van der Waals surface area contributed by atoms with Gasteiger partial charge in [-0.15, -0.1) is 0 Å². The van der Waals surface area contributed by atoms with E-state index in [1.807, 2.05) is 91.3 Å². The van der Waals surface area contributed by atoms with Crippen molar-refractivity contribution < 1.29 is 28.7 Å². The third kappa shape index (κ3) is 14.0. The molecule has 53 heavy (non-hydrogen) atoms. The van der Waals surface area contributed by atoms with Crippen molar-refractivity contribution in [2.75, 3.05) is 26.2 Å². The summed E-state index contributed by atoms with van der Waals surface area (Å²) in [7, 11) is 0. The first-order chi connectivity index (χ1) is 25.9. The van der Waals surface area contributed by atoms with Gasteiger partial charge in [0, 0.05) is 44.4 Å². The minimum atomic E-state index is -0.514. The average molecular weight is 743 g/mol. The van der Waals surface area contributed by atoms with Crippen LogP contribution in [0.5, 0.6) is 0 Å². The Balaban J connectivity index is 0.000000198. The van der Waals surface area contributed by atoms with Crippen molar-refractivity contribution in [2.24, 2.45) is 5.73 Å². The van der Waals surface area contributed by atoms with Crippen molar-refractivity contribution in [1.82, 2.24) is 25.1 Å². The Morgan fingerprint density at radius 2 is 1.15 bits per heavy atom. The van der Waals surface area contributed by atoms with Crippen LogP contribution in [0.4, 0.5) is 9.59 Å². The zero-order valence-corrected chi connectivity index (χ0v) is 30.5. The van der Waals surface area contributed by atoms with Crippen molar-refractivity contribution >= 4 is 34.9 Å². The van der Waals surface area contributed by atoms with Gasteiger partial charge in [0.25, 0.3) is 0 Å². The van der Waals surface area contributed by atoms with Crippen molar-refractivity contribution in [3.63, 3.8) is 0 Å². The van der Waals surface area contributed by atoms with Gasteiger partial charge in [-0.2, -0.15) is 0 Å². The van der Waals surface area contributed by atoms with Gasteiger partial charge in [0.2, 0.25) is 11.1 Å². The molecule has 2 aliphatic heterocycles. The number of halogens is 1. The molecule has 0 saturated carbocycles.